The lowest BCUT2D eigenvalue weighted by Crippen LogP contribution is -2.44. The van der Waals surface area contributed by atoms with E-state index in [2.05, 4.69) is 43.1 Å². The third-order valence-electron chi connectivity index (χ3n) is 5.33. The highest BCUT2D eigenvalue weighted by molar-refractivity contribution is 9.10. The Bertz CT molecular complexity index is 1050. The topological polar surface area (TPSA) is 87.4 Å². The van der Waals surface area contributed by atoms with Gasteiger partial charge in [0.25, 0.3) is 0 Å². The number of carbonyl (C=O) groups excluding carboxylic acids is 1. The number of nitrogens with one attached hydrogen (secondary N) is 1. The largest absolute Gasteiger partial charge is 0.366 e. The van der Waals surface area contributed by atoms with E-state index in [-0.39, 0.29) is 0 Å². The Morgan fingerprint density at radius 1 is 1.30 bits per heavy atom. The average Bonchev–Trinajstić information content (AvgIpc) is 3.17. The molecule has 3 aromatic rings. The van der Waals surface area contributed by atoms with Crippen LogP contribution in [0.4, 0.5) is 5.95 Å². The van der Waals surface area contributed by atoms with Crippen molar-refractivity contribution in [2.45, 2.75) is 6.42 Å². The van der Waals surface area contributed by atoms with Gasteiger partial charge in [0.1, 0.15) is 5.69 Å². The predicted molar refractivity (Wildman–Crippen MR) is 126 cm³/mol. The molecule has 1 aromatic carbocycles. The molecule has 30 heavy (non-hydrogen) atoms. The quantitative estimate of drug-likeness (QED) is 0.496. The van der Waals surface area contributed by atoms with Crippen molar-refractivity contribution >= 4 is 49.2 Å². The van der Waals surface area contributed by atoms with Crippen LogP contribution >= 0.6 is 27.3 Å². The van der Waals surface area contributed by atoms with Crippen LogP contribution in [-0.4, -0.2) is 72.0 Å². The highest BCUT2D eigenvalue weighted by Crippen LogP contribution is 2.37. The number of thiophene rings is 1. The Balaban J connectivity index is 1.44. The van der Waals surface area contributed by atoms with Crippen molar-refractivity contribution in [3.05, 3.63) is 40.5 Å². The van der Waals surface area contributed by atoms with E-state index in [4.69, 9.17) is 10.7 Å². The summed E-state index contributed by atoms with van der Waals surface area (Å²) in [5, 5.41) is 4.20. The fourth-order valence-corrected chi connectivity index (χ4v) is 5.22. The van der Waals surface area contributed by atoms with E-state index in [1.807, 2.05) is 18.2 Å². The lowest BCUT2D eigenvalue weighted by Gasteiger charge is -2.32. The zero-order valence-corrected chi connectivity index (χ0v) is 19.3. The highest BCUT2D eigenvalue weighted by atomic mass is 79.9. The normalized spacial score (nSPS) is 15.5. The van der Waals surface area contributed by atoms with Gasteiger partial charge in [-0.2, -0.15) is 0 Å². The van der Waals surface area contributed by atoms with Gasteiger partial charge in [0.05, 0.1) is 9.35 Å². The highest BCUT2D eigenvalue weighted by Gasteiger charge is 2.15. The van der Waals surface area contributed by atoms with E-state index in [0.29, 0.717) is 11.5 Å². The minimum Gasteiger partial charge on any atom is -0.366 e. The molecule has 1 aliphatic rings. The molecule has 1 amide bonds. The summed E-state index contributed by atoms with van der Waals surface area (Å²) < 4.78 is 1.83. The molecule has 1 aliphatic heterocycles. The van der Waals surface area contributed by atoms with E-state index >= 15 is 0 Å². The Morgan fingerprint density at radius 3 is 2.87 bits per heavy atom. The van der Waals surface area contributed by atoms with Crippen molar-refractivity contribution in [2.24, 2.45) is 5.73 Å². The number of carbonyl (C=O) groups is 1. The summed E-state index contributed by atoms with van der Waals surface area (Å²) in [6, 6.07) is 7.57. The number of nitrogens with zero attached hydrogens (tertiary/aromatic N) is 4. The van der Waals surface area contributed by atoms with E-state index < -0.39 is 5.91 Å². The molecule has 1 fully saturated rings. The molecular formula is C21H25BrN6OS. The molecule has 1 saturated heterocycles. The zero-order valence-electron chi connectivity index (χ0n) is 16.9. The van der Waals surface area contributed by atoms with Crippen molar-refractivity contribution < 1.29 is 4.79 Å². The van der Waals surface area contributed by atoms with Gasteiger partial charge in [-0.3, -0.25) is 4.79 Å². The van der Waals surface area contributed by atoms with Crippen molar-refractivity contribution in [3.8, 4) is 10.6 Å². The van der Waals surface area contributed by atoms with Crippen LogP contribution < -0.4 is 11.1 Å². The number of likely N-dealkylation sites (N-methyl/N-ethyl adjacent to an activating group) is 1. The number of halogens is 1. The maximum absolute atomic E-state index is 11.7. The van der Waals surface area contributed by atoms with Crippen molar-refractivity contribution in [3.63, 3.8) is 0 Å². The maximum Gasteiger partial charge on any atom is 0.249 e. The van der Waals surface area contributed by atoms with Gasteiger partial charge in [-0.05, 0) is 54.1 Å². The van der Waals surface area contributed by atoms with Crippen LogP contribution in [0.3, 0.4) is 0 Å². The van der Waals surface area contributed by atoms with Crippen LogP contribution in [0.25, 0.3) is 20.7 Å². The van der Waals surface area contributed by atoms with Gasteiger partial charge in [-0.15, -0.1) is 11.3 Å². The molecule has 158 valence electrons. The van der Waals surface area contributed by atoms with Crippen LogP contribution in [-0.2, 0) is 0 Å². The summed E-state index contributed by atoms with van der Waals surface area (Å²) in [6.45, 7) is 6.45. The van der Waals surface area contributed by atoms with Crippen LogP contribution in [0.5, 0.6) is 0 Å². The molecule has 0 aliphatic carbocycles. The molecule has 3 heterocycles. The summed E-state index contributed by atoms with van der Waals surface area (Å²) in [4.78, 5) is 26.7. The molecule has 9 heteroatoms. The first-order valence-corrected chi connectivity index (χ1v) is 11.6. The van der Waals surface area contributed by atoms with Crippen LogP contribution in [0.15, 0.2) is 34.9 Å². The molecule has 7 nitrogen and oxygen atoms in total. The lowest BCUT2D eigenvalue weighted by molar-refractivity contribution is 0.100. The Morgan fingerprint density at radius 2 is 2.10 bits per heavy atom. The van der Waals surface area contributed by atoms with Crippen LogP contribution in [0, 0.1) is 0 Å². The number of rotatable bonds is 7. The summed E-state index contributed by atoms with van der Waals surface area (Å²) in [6.07, 6.45) is 2.81. The van der Waals surface area contributed by atoms with E-state index in [9.17, 15) is 4.79 Å². The standard InChI is InChI=1S/C21H25BrN6OS/c1-27-8-10-28(11-9-27)7-3-6-24-21-25-13-16(22)19(26-21)18-12-15-14(20(23)29)4-2-5-17(15)30-18/h2,4-5,12-13H,3,6-11H2,1H3,(H2,23,29)(H,24,25,26). The molecule has 0 radical (unpaired) electrons. The first-order valence-electron chi connectivity index (χ1n) is 10.0. The van der Waals surface area contributed by atoms with Crippen molar-refractivity contribution in [2.75, 3.05) is 51.6 Å². The number of hydrogen-bond acceptors (Lipinski definition) is 7. The number of anilines is 1. The number of aromatic nitrogens is 2. The molecule has 4 rings (SSSR count). The lowest BCUT2D eigenvalue weighted by atomic mass is 10.1. The fourth-order valence-electron chi connectivity index (χ4n) is 3.59. The monoisotopic (exact) mass is 488 g/mol. The second-order valence-corrected chi connectivity index (χ2v) is 9.45. The molecule has 0 bridgehead atoms. The number of fused-ring (bicyclic) bond motifs is 1. The molecule has 2 aromatic heterocycles. The van der Waals surface area contributed by atoms with E-state index in [0.717, 1.165) is 70.8 Å². The Hall–Kier alpha value is -2.07. The predicted octanol–water partition coefficient (Wildman–Crippen LogP) is 3.27. The summed E-state index contributed by atoms with van der Waals surface area (Å²) in [7, 11) is 2.17. The minimum atomic E-state index is -0.422. The van der Waals surface area contributed by atoms with E-state index in [1.54, 1.807) is 23.6 Å². The van der Waals surface area contributed by atoms with Gasteiger partial charge in [0.15, 0.2) is 0 Å². The third kappa shape index (κ3) is 4.80. The number of nitrogens with two attached hydrogens (primary N) is 1. The van der Waals surface area contributed by atoms with E-state index in [1.165, 1.54) is 0 Å². The van der Waals surface area contributed by atoms with Gasteiger partial charge in [-0.1, -0.05) is 6.07 Å². The van der Waals surface area contributed by atoms with Crippen LogP contribution in [0.1, 0.15) is 16.8 Å². The Labute approximate surface area is 188 Å². The van der Waals surface area contributed by atoms with Crippen molar-refractivity contribution in [1.82, 2.24) is 19.8 Å². The number of primary amides is 1. The van der Waals surface area contributed by atoms with Crippen molar-refractivity contribution in [1.29, 1.82) is 0 Å². The molecule has 0 atom stereocenters. The van der Waals surface area contributed by atoms with Gasteiger partial charge in [0, 0.05) is 54.6 Å². The molecule has 3 N–H and O–H groups in total. The first-order chi connectivity index (χ1) is 14.5. The number of amides is 1. The average molecular weight is 489 g/mol. The third-order valence-corrected chi connectivity index (χ3v) is 7.02. The van der Waals surface area contributed by atoms with Gasteiger partial charge in [0.2, 0.25) is 11.9 Å². The maximum atomic E-state index is 11.7. The fraction of sp³-hybridized carbons (Fsp3) is 0.381. The molecule has 0 spiro atoms. The zero-order chi connectivity index (χ0) is 21.1. The molecule has 0 saturated carbocycles. The first kappa shape index (κ1) is 21.2. The smallest absolute Gasteiger partial charge is 0.249 e. The Kier molecular flexibility index (Phi) is 6.62. The number of piperazine rings is 1. The molecular weight excluding hydrogens is 464 g/mol. The van der Waals surface area contributed by atoms with Gasteiger partial charge in [-0.25, -0.2) is 9.97 Å². The second kappa shape index (κ2) is 9.38. The minimum absolute atomic E-state index is 0.422. The second-order valence-electron chi connectivity index (χ2n) is 7.51. The molecule has 0 unspecified atom stereocenters. The SMILES string of the molecule is CN1CCN(CCCNc2ncc(Br)c(-c3cc4c(C(N)=O)cccc4s3)n2)CC1. The summed E-state index contributed by atoms with van der Waals surface area (Å²) in [5.41, 5.74) is 6.86. The summed E-state index contributed by atoms with van der Waals surface area (Å²) >= 11 is 5.15. The number of hydrogen-bond donors (Lipinski definition) is 2. The van der Waals surface area contributed by atoms with Gasteiger partial charge < -0.3 is 20.9 Å². The summed E-state index contributed by atoms with van der Waals surface area (Å²) in [5.74, 6) is 0.188. The number of benzene rings is 1. The van der Waals surface area contributed by atoms with Crippen LogP contribution in [0.2, 0.25) is 0 Å². The van der Waals surface area contributed by atoms with Gasteiger partial charge >= 0.3 is 0 Å².